The number of aliphatic hydroxyl groups excluding tert-OH is 1. The van der Waals surface area contributed by atoms with Crippen LogP contribution in [-0.2, 0) is 47.4 Å². The van der Waals surface area contributed by atoms with Gasteiger partial charge < -0.3 is 52.5 Å². The molecule has 1 aromatic rings. The summed E-state index contributed by atoms with van der Waals surface area (Å²) in [6.45, 7) is 0.0726. The maximum Gasteiger partial charge on any atom is 0.235 e. The Bertz CT molecular complexity index is 660. The molecular formula is C19H38N6O11. The van der Waals surface area contributed by atoms with E-state index in [2.05, 4.69) is 15.0 Å². The SMILES string of the molecule is COCOCOCOCOCOCN(COC)c1nc(N(CO)COC)nc(N(COC)COC)n1. The first-order valence-electron chi connectivity index (χ1n) is 10.6. The molecule has 1 N–H and O–H groups in total. The Morgan fingerprint density at radius 1 is 0.472 bits per heavy atom. The van der Waals surface area contributed by atoms with Crippen LogP contribution in [0.5, 0.6) is 0 Å². The number of nitrogens with zero attached hydrogens (tertiary/aromatic N) is 6. The summed E-state index contributed by atoms with van der Waals surface area (Å²) >= 11 is 0. The first-order chi connectivity index (χ1) is 17.6. The molecule has 0 spiro atoms. The molecule has 1 rings (SSSR count). The molecule has 0 unspecified atom stereocenters. The van der Waals surface area contributed by atoms with Crippen molar-refractivity contribution in [1.29, 1.82) is 0 Å². The Morgan fingerprint density at radius 2 is 0.833 bits per heavy atom. The first kappa shape index (κ1) is 32.0. The van der Waals surface area contributed by atoms with E-state index < -0.39 is 0 Å². The summed E-state index contributed by atoms with van der Waals surface area (Å²) in [6.07, 6.45) is 0. The molecule has 1 aromatic heterocycles. The van der Waals surface area contributed by atoms with Gasteiger partial charge in [0.15, 0.2) is 27.2 Å². The predicted octanol–water partition coefficient (Wildman–Crippen LogP) is -0.869. The van der Waals surface area contributed by atoms with Crippen LogP contribution in [0.25, 0.3) is 0 Å². The van der Waals surface area contributed by atoms with Gasteiger partial charge in [-0.3, -0.25) is 14.7 Å². The van der Waals surface area contributed by atoms with E-state index in [0.717, 1.165) is 0 Å². The second kappa shape index (κ2) is 21.1. The zero-order valence-electron chi connectivity index (χ0n) is 21.5. The van der Waals surface area contributed by atoms with Gasteiger partial charge in [-0.15, -0.1) is 0 Å². The minimum absolute atomic E-state index is 0.00997. The third-order valence-corrected chi connectivity index (χ3v) is 3.87. The lowest BCUT2D eigenvalue weighted by Gasteiger charge is -2.27. The van der Waals surface area contributed by atoms with Gasteiger partial charge in [-0.2, -0.15) is 15.0 Å². The predicted molar refractivity (Wildman–Crippen MR) is 123 cm³/mol. The van der Waals surface area contributed by atoms with Crippen LogP contribution >= 0.6 is 0 Å². The molecular weight excluding hydrogens is 488 g/mol. The number of aliphatic hydroxyl groups is 1. The van der Waals surface area contributed by atoms with Gasteiger partial charge in [0, 0.05) is 35.5 Å². The molecule has 36 heavy (non-hydrogen) atoms. The number of hydrogen-bond acceptors (Lipinski definition) is 17. The first-order valence-corrected chi connectivity index (χ1v) is 10.6. The number of aromatic nitrogens is 3. The molecule has 0 bridgehead atoms. The summed E-state index contributed by atoms with van der Waals surface area (Å²) in [4.78, 5) is 18.0. The van der Waals surface area contributed by atoms with Gasteiger partial charge in [-0.1, -0.05) is 0 Å². The van der Waals surface area contributed by atoms with Crippen LogP contribution in [0.2, 0.25) is 0 Å². The highest BCUT2D eigenvalue weighted by Gasteiger charge is 2.20. The highest BCUT2D eigenvalue weighted by Crippen LogP contribution is 2.19. The molecule has 0 fully saturated rings. The van der Waals surface area contributed by atoms with Crippen molar-refractivity contribution in [3.8, 4) is 0 Å². The van der Waals surface area contributed by atoms with Crippen molar-refractivity contribution < 1.29 is 52.5 Å². The van der Waals surface area contributed by atoms with Crippen LogP contribution in [0.3, 0.4) is 0 Å². The van der Waals surface area contributed by atoms with E-state index in [4.69, 9.17) is 47.4 Å². The van der Waals surface area contributed by atoms with Crippen molar-refractivity contribution in [1.82, 2.24) is 15.0 Å². The van der Waals surface area contributed by atoms with E-state index in [1.807, 2.05) is 0 Å². The molecule has 17 heteroatoms. The van der Waals surface area contributed by atoms with Crippen molar-refractivity contribution in [2.24, 2.45) is 0 Å². The van der Waals surface area contributed by atoms with E-state index >= 15 is 0 Å². The van der Waals surface area contributed by atoms with Gasteiger partial charge >= 0.3 is 0 Å². The third-order valence-electron chi connectivity index (χ3n) is 3.87. The zero-order valence-corrected chi connectivity index (χ0v) is 21.5. The number of ether oxygens (including phenoxy) is 10. The summed E-state index contributed by atoms with van der Waals surface area (Å²) in [6, 6.07) is 0. The lowest BCUT2D eigenvalue weighted by atomic mass is 10.6. The lowest BCUT2D eigenvalue weighted by molar-refractivity contribution is -0.203. The molecule has 0 aromatic carbocycles. The van der Waals surface area contributed by atoms with Crippen LogP contribution in [0.4, 0.5) is 17.8 Å². The summed E-state index contributed by atoms with van der Waals surface area (Å²) in [5, 5.41) is 9.77. The van der Waals surface area contributed by atoms with Gasteiger partial charge in [0.2, 0.25) is 17.8 Å². The van der Waals surface area contributed by atoms with E-state index in [1.54, 1.807) is 9.80 Å². The molecule has 0 radical (unpaired) electrons. The fourth-order valence-electron chi connectivity index (χ4n) is 2.46. The minimum atomic E-state index is -0.387. The van der Waals surface area contributed by atoms with Crippen molar-refractivity contribution >= 4 is 17.8 Å². The maximum absolute atomic E-state index is 9.77. The summed E-state index contributed by atoms with van der Waals surface area (Å²) in [5.41, 5.74) is 0. The van der Waals surface area contributed by atoms with Crippen LogP contribution in [0, 0.1) is 0 Å². The van der Waals surface area contributed by atoms with Crippen LogP contribution in [0.1, 0.15) is 0 Å². The molecule has 0 saturated carbocycles. The number of methoxy groups -OCH3 is 5. The fraction of sp³-hybridized carbons (Fsp3) is 0.842. The normalized spacial score (nSPS) is 11.2. The van der Waals surface area contributed by atoms with Gasteiger partial charge in [0.05, 0.1) is 0 Å². The molecule has 17 nitrogen and oxygen atoms in total. The quantitative estimate of drug-likeness (QED) is 0.131. The van der Waals surface area contributed by atoms with Crippen molar-refractivity contribution in [3.63, 3.8) is 0 Å². The molecule has 0 saturated heterocycles. The summed E-state index contributed by atoms with van der Waals surface area (Å²) in [7, 11) is 7.59. The van der Waals surface area contributed by atoms with Crippen LogP contribution in [0.15, 0.2) is 0 Å². The molecule has 1 heterocycles. The second-order valence-corrected chi connectivity index (χ2v) is 6.70. The minimum Gasteiger partial charge on any atom is -0.376 e. The molecule has 0 aliphatic heterocycles. The Labute approximate surface area is 210 Å². The average molecular weight is 527 g/mol. The molecule has 0 amide bonds. The van der Waals surface area contributed by atoms with Crippen LogP contribution in [-0.4, -0.2) is 130 Å². The van der Waals surface area contributed by atoms with E-state index in [9.17, 15) is 5.11 Å². The molecule has 210 valence electrons. The van der Waals surface area contributed by atoms with E-state index in [0.29, 0.717) is 0 Å². The maximum atomic E-state index is 9.77. The van der Waals surface area contributed by atoms with Gasteiger partial charge in [-0.25, -0.2) is 0 Å². The van der Waals surface area contributed by atoms with Crippen LogP contribution < -0.4 is 14.7 Å². The third kappa shape index (κ3) is 12.8. The van der Waals surface area contributed by atoms with Crippen molar-refractivity contribution in [2.75, 3.05) is 125 Å². The van der Waals surface area contributed by atoms with Gasteiger partial charge in [0.25, 0.3) is 0 Å². The van der Waals surface area contributed by atoms with E-state index in [-0.39, 0.29) is 92.2 Å². The van der Waals surface area contributed by atoms with Gasteiger partial charge in [-0.05, 0) is 0 Å². The van der Waals surface area contributed by atoms with Crippen molar-refractivity contribution in [3.05, 3.63) is 0 Å². The molecule has 0 aliphatic carbocycles. The molecule has 0 atom stereocenters. The summed E-state index contributed by atoms with van der Waals surface area (Å²) < 4.78 is 51.5. The highest BCUT2D eigenvalue weighted by molar-refractivity contribution is 5.45. The Balaban J connectivity index is 2.80. The standard InChI is InChI=1S/C19H38N6O11/c1-27-7-23(6-26)17-20-18(24(8-28-2)9-29-3)22-19(21-17)25(10-30-4)11-32-13-34-15-36-16-35-14-33-12-31-5/h26H,6-16H2,1-5H3. The summed E-state index contributed by atoms with van der Waals surface area (Å²) in [5.74, 6) is 0.620. The largest absolute Gasteiger partial charge is 0.376 e. The topological polar surface area (TPSA) is 161 Å². The Kier molecular flexibility index (Phi) is 18.7. The zero-order chi connectivity index (χ0) is 26.4. The average Bonchev–Trinajstić information content (AvgIpc) is 2.89. The fourth-order valence-corrected chi connectivity index (χ4v) is 2.46. The number of hydrogen-bond donors (Lipinski definition) is 1. The second-order valence-electron chi connectivity index (χ2n) is 6.70. The number of rotatable bonds is 24. The monoisotopic (exact) mass is 526 g/mol. The van der Waals surface area contributed by atoms with Gasteiger partial charge in [0.1, 0.15) is 47.2 Å². The Morgan fingerprint density at radius 3 is 1.25 bits per heavy atom. The smallest absolute Gasteiger partial charge is 0.235 e. The lowest BCUT2D eigenvalue weighted by Crippen LogP contribution is -2.36. The molecule has 0 aliphatic rings. The Hall–Kier alpha value is -2.03. The van der Waals surface area contributed by atoms with Crippen molar-refractivity contribution in [2.45, 2.75) is 0 Å². The highest BCUT2D eigenvalue weighted by atomic mass is 16.8. The van der Waals surface area contributed by atoms with E-state index in [1.165, 1.54) is 40.4 Å². The number of anilines is 3.